The Morgan fingerprint density at radius 3 is 3.00 bits per heavy atom. The topological polar surface area (TPSA) is 54.4 Å². The summed E-state index contributed by atoms with van der Waals surface area (Å²) in [5.41, 5.74) is 3.92. The van der Waals surface area contributed by atoms with Crippen molar-refractivity contribution < 1.29 is 9.84 Å². The molecule has 4 nitrogen and oxygen atoms in total. The van der Waals surface area contributed by atoms with Gasteiger partial charge in [0.2, 0.25) is 0 Å². The third-order valence-corrected chi connectivity index (χ3v) is 4.24. The van der Waals surface area contributed by atoms with Gasteiger partial charge in [0, 0.05) is 24.0 Å². The lowest BCUT2D eigenvalue weighted by atomic mass is 10.1. The SMILES string of the molecule is CCOc1ccc(NCc2cnc3ccsc3c2)cc1CO. The first-order chi connectivity index (χ1) is 10.8. The zero-order valence-electron chi connectivity index (χ0n) is 12.4. The molecule has 0 saturated heterocycles. The molecule has 5 heteroatoms. The lowest BCUT2D eigenvalue weighted by molar-refractivity contribution is 0.267. The van der Waals surface area contributed by atoms with E-state index in [9.17, 15) is 5.11 Å². The van der Waals surface area contributed by atoms with E-state index < -0.39 is 0 Å². The van der Waals surface area contributed by atoms with Crippen LogP contribution in [0, 0.1) is 0 Å². The largest absolute Gasteiger partial charge is 0.494 e. The summed E-state index contributed by atoms with van der Waals surface area (Å²) in [5.74, 6) is 0.734. The summed E-state index contributed by atoms with van der Waals surface area (Å²) in [6.45, 7) is 3.18. The van der Waals surface area contributed by atoms with Crippen molar-refractivity contribution in [1.82, 2.24) is 4.98 Å². The molecular weight excluding hydrogens is 296 g/mol. The molecule has 0 aliphatic carbocycles. The molecule has 2 aromatic heterocycles. The molecule has 3 rings (SSSR count). The van der Waals surface area contributed by atoms with Gasteiger partial charge in [-0.05, 0) is 48.2 Å². The number of nitrogens with one attached hydrogen (secondary N) is 1. The lowest BCUT2D eigenvalue weighted by Gasteiger charge is -2.12. The molecule has 22 heavy (non-hydrogen) atoms. The summed E-state index contributed by atoms with van der Waals surface area (Å²) in [5, 5.41) is 14.8. The van der Waals surface area contributed by atoms with Gasteiger partial charge < -0.3 is 15.2 Å². The highest BCUT2D eigenvalue weighted by Crippen LogP contribution is 2.24. The number of fused-ring (bicyclic) bond motifs is 1. The molecule has 0 unspecified atom stereocenters. The predicted molar refractivity (Wildman–Crippen MR) is 90.5 cm³/mol. The molecular formula is C17H18N2O2S. The second-order valence-corrected chi connectivity index (χ2v) is 5.86. The number of hydrogen-bond donors (Lipinski definition) is 2. The average molecular weight is 314 g/mol. The van der Waals surface area contributed by atoms with Gasteiger partial charge in [-0.25, -0.2) is 0 Å². The van der Waals surface area contributed by atoms with Crippen LogP contribution in [0.15, 0.2) is 41.9 Å². The summed E-state index contributed by atoms with van der Waals surface area (Å²) in [6.07, 6.45) is 1.89. The van der Waals surface area contributed by atoms with Crippen LogP contribution in [0.1, 0.15) is 18.1 Å². The number of thiophene rings is 1. The number of aliphatic hydroxyl groups excluding tert-OH is 1. The third kappa shape index (κ3) is 3.21. The van der Waals surface area contributed by atoms with E-state index in [1.165, 1.54) is 4.70 Å². The fraction of sp³-hybridized carbons (Fsp3) is 0.235. The average Bonchev–Trinajstić information content (AvgIpc) is 3.01. The molecule has 0 saturated carbocycles. The summed E-state index contributed by atoms with van der Waals surface area (Å²) >= 11 is 1.70. The van der Waals surface area contributed by atoms with Crippen LogP contribution in [-0.4, -0.2) is 16.7 Å². The maximum atomic E-state index is 9.43. The van der Waals surface area contributed by atoms with Crippen molar-refractivity contribution >= 4 is 27.2 Å². The van der Waals surface area contributed by atoms with Crippen molar-refractivity contribution in [2.45, 2.75) is 20.1 Å². The minimum atomic E-state index is -0.0342. The van der Waals surface area contributed by atoms with Crippen molar-refractivity contribution in [3.05, 3.63) is 53.0 Å². The van der Waals surface area contributed by atoms with Crippen molar-refractivity contribution in [2.75, 3.05) is 11.9 Å². The normalized spacial score (nSPS) is 10.8. The maximum Gasteiger partial charge on any atom is 0.124 e. The van der Waals surface area contributed by atoms with Crippen LogP contribution in [-0.2, 0) is 13.2 Å². The number of hydrogen-bond acceptors (Lipinski definition) is 5. The zero-order valence-corrected chi connectivity index (χ0v) is 13.2. The van der Waals surface area contributed by atoms with Gasteiger partial charge in [-0.2, -0.15) is 0 Å². The van der Waals surface area contributed by atoms with E-state index in [0.717, 1.165) is 28.1 Å². The molecule has 0 fully saturated rings. The first-order valence-corrected chi connectivity index (χ1v) is 8.10. The van der Waals surface area contributed by atoms with E-state index in [4.69, 9.17) is 4.74 Å². The van der Waals surface area contributed by atoms with E-state index in [1.54, 1.807) is 11.3 Å². The minimum absolute atomic E-state index is 0.0342. The molecule has 0 amide bonds. The summed E-state index contributed by atoms with van der Waals surface area (Å²) in [7, 11) is 0. The summed E-state index contributed by atoms with van der Waals surface area (Å²) in [4.78, 5) is 4.44. The second-order valence-electron chi connectivity index (χ2n) is 4.91. The van der Waals surface area contributed by atoms with Gasteiger partial charge in [0.15, 0.2) is 0 Å². The zero-order chi connectivity index (χ0) is 15.4. The van der Waals surface area contributed by atoms with Crippen LogP contribution < -0.4 is 10.1 Å². The molecule has 0 spiro atoms. The monoisotopic (exact) mass is 314 g/mol. The quantitative estimate of drug-likeness (QED) is 0.726. The fourth-order valence-corrected chi connectivity index (χ4v) is 3.10. The molecule has 3 aromatic rings. The molecule has 0 aliphatic heterocycles. The Labute approximate surface area is 133 Å². The molecule has 0 atom stereocenters. The van der Waals surface area contributed by atoms with Gasteiger partial charge in [-0.1, -0.05) is 0 Å². The van der Waals surface area contributed by atoms with E-state index >= 15 is 0 Å². The Hall–Kier alpha value is -2.11. The van der Waals surface area contributed by atoms with Crippen LogP contribution in [0.5, 0.6) is 5.75 Å². The first-order valence-electron chi connectivity index (χ1n) is 7.22. The van der Waals surface area contributed by atoms with Crippen molar-refractivity contribution in [2.24, 2.45) is 0 Å². The highest BCUT2D eigenvalue weighted by molar-refractivity contribution is 7.17. The molecule has 0 radical (unpaired) electrons. The number of nitrogens with zero attached hydrogens (tertiary/aromatic N) is 1. The van der Waals surface area contributed by atoms with E-state index in [-0.39, 0.29) is 6.61 Å². The lowest BCUT2D eigenvalue weighted by Crippen LogP contribution is -2.02. The third-order valence-electron chi connectivity index (χ3n) is 3.39. The first kappa shape index (κ1) is 14.8. The molecule has 114 valence electrons. The van der Waals surface area contributed by atoms with Crippen molar-refractivity contribution in [1.29, 1.82) is 0 Å². The Kier molecular flexibility index (Phi) is 4.56. The number of ether oxygens (including phenoxy) is 1. The van der Waals surface area contributed by atoms with Gasteiger partial charge in [0.25, 0.3) is 0 Å². The molecule has 1 aromatic carbocycles. The Balaban J connectivity index is 1.72. The molecule has 2 heterocycles. The number of rotatable bonds is 6. The van der Waals surface area contributed by atoms with Crippen molar-refractivity contribution in [3.8, 4) is 5.75 Å². The molecule has 2 N–H and O–H groups in total. The van der Waals surface area contributed by atoms with Crippen LogP contribution in [0.3, 0.4) is 0 Å². The minimum Gasteiger partial charge on any atom is -0.494 e. The predicted octanol–water partition coefficient (Wildman–Crippen LogP) is 3.80. The maximum absolute atomic E-state index is 9.43. The Bertz CT molecular complexity index is 770. The number of aliphatic hydroxyl groups is 1. The Morgan fingerprint density at radius 1 is 1.27 bits per heavy atom. The number of anilines is 1. The fourth-order valence-electron chi connectivity index (χ4n) is 2.30. The van der Waals surface area contributed by atoms with Gasteiger partial charge in [0.05, 0.1) is 23.4 Å². The van der Waals surface area contributed by atoms with Crippen LogP contribution in [0.2, 0.25) is 0 Å². The second kappa shape index (κ2) is 6.77. The smallest absolute Gasteiger partial charge is 0.124 e. The summed E-state index contributed by atoms with van der Waals surface area (Å²) < 4.78 is 6.68. The van der Waals surface area contributed by atoms with E-state index in [1.807, 2.05) is 37.4 Å². The highest BCUT2D eigenvalue weighted by atomic mass is 32.1. The van der Waals surface area contributed by atoms with E-state index in [2.05, 4.69) is 21.7 Å². The molecule has 0 aliphatic rings. The van der Waals surface area contributed by atoms with E-state index in [0.29, 0.717) is 13.2 Å². The number of benzene rings is 1. The van der Waals surface area contributed by atoms with Gasteiger partial charge in [-0.15, -0.1) is 11.3 Å². The van der Waals surface area contributed by atoms with Crippen LogP contribution >= 0.6 is 11.3 Å². The van der Waals surface area contributed by atoms with Gasteiger partial charge in [-0.3, -0.25) is 4.98 Å². The van der Waals surface area contributed by atoms with Crippen LogP contribution in [0.4, 0.5) is 5.69 Å². The highest BCUT2D eigenvalue weighted by Gasteiger charge is 2.05. The van der Waals surface area contributed by atoms with Crippen molar-refractivity contribution in [3.63, 3.8) is 0 Å². The number of pyridine rings is 1. The standard InChI is InChI=1S/C17H18N2O2S/c1-2-21-16-4-3-14(8-13(16)11-20)18-9-12-7-17-15(19-10-12)5-6-22-17/h3-8,10,18,20H,2,9,11H2,1H3. The summed E-state index contributed by atoms with van der Waals surface area (Å²) in [6, 6.07) is 9.94. The van der Waals surface area contributed by atoms with Crippen LogP contribution in [0.25, 0.3) is 10.2 Å². The Morgan fingerprint density at radius 2 is 2.18 bits per heavy atom. The molecule has 0 bridgehead atoms. The van der Waals surface area contributed by atoms with Gasteiger partial charge in [0.1, 0.15) is 5.75 Å². The van der Waals surface area contributed by atoms with Gasteiger partial charge >= 0.3 is 0 Å². The number of aromatic nitrogens is 1.